The third kappa shape index (κ3) is 2.66. The van der Waals surface area contributed by atoms with E-state index in [9.17, 15) is 0 Å². The SMILES string of the molecule is Cc1cccc(/C(N)=N/O)c1N1CC(C)OCC1C. The highest BCUT2D eigenvalue weighted by molar-refractivity contribution is 6.02. The summed E-state index contributed by atoms with van der Waals surface area (Å²) in [5.41, 5.74) is 8.70. The van der Waals surface area contributed by atoms with E-state index in [4.69, 9.17) is 15.7 Å². The van der Waals surface area contributed by atoms with Gasteiger partial charge in [0.15, 0.2) is 5.84 Å². The maximum absolute atomic E-state index is 8.94. The Labute approximate surface area is 113 Å². The van der Waals surface area contributed by atoms with Gasteiger partial charge < -0.3 is 20.6 Å². The Morgan fingerprint density at radius 2 is 2.21 bits per heavy atom. The monoisotopic (exact) mass is 263 g/mol. The molecule has 1 fully saturated rings. The predicted octanol–water partition coefficient (Wildman–Crippen LogP) is 1.70. The number of amidine groups is 1. The van der Waals surface area contributed by atoms with Crippen LogP contribution in [0.3, 0.4) is 0 Å². The minimum atomic E-state index is 0.144. The van der Waals surface area contributed by atoms with Gasteiger partial charge in [0.25, 0.3) is 0 Å². The fourth-order valence-corrected chi connectivity index (χ4v) is 2.52. The van der Waals surface area contributed by atoms with Crippen molar-refractivity contribution in [1.82, 2.24) is 0 Å². The van der Waals surface area contributed by atoms with Crippen LogP contribution in [-0.2, 0) is 4.74 Å². The second-order valence-corrected chi connectivity index (χ2v) is 5.10. The zero-order valence-corrected chi connectivity index (χ0v) is 11.6. The summed E-state index contributed by atoms with van der Waals surface area (Å²) in [5.74, 6) is 0.144. The number of nitrogens with two attached hydrogens (primary N) is 1. The first kappa shape index (κ1) is 13.7. The lowest BCUT2D eigenvalue weighted by atomic mass is 10.0. The molecule has 1 heterocycles. The number of rotatable bonds is 2. The van der Waals surface area contributed by atoms with Crippen molar-refractivity contribution in [2.75, 3.05) is 18.1 Å². The quantitative estimate of drug-likeness (QED) is 0.369. The third-order valence-corrected chi connectivity index (χ3v) is 3.52. The zero-order chi connectivity index (χ0) is 14.0. The van der Waals surface area contributed by atoms with Crippen molar-refractivity contribution >= 4 is 11.5 Å². The van der Waals surface area contributed by atoms with Crippen molar-refractivity contribution in [3.8, 4) is 0 Å². The Kier molecular flexibility index (Phi) is 3.95. The average Bonchev–Trinajstić information content (AvgIpc) is 2.40. The van der Waals surface area contributed by atoms with Crippen molar-refractivity contribution in [2.45, 2.75) is 32.9 Å². The van der Waals surface area contributed by atoms with Crippen LogP contribution in [0.1, 0.15) is 25.0 Å². The second kappa shape index (κ2) is 5.48. The molecule has 3 N–H and O–H groups in total. The summed E-state index contributed by atoms with van der Waals surface area (Å²) in [4.78, 5) is 2.27. The van der Waals surface area contributed by atoms with Crippen molar-refractivity contribution in [3.63, 3.8) is 0 Å². The smallest absolute Gasteiger partial charge is 0.172 e. The highest BCUT2D eigenvalue weighted by Crippen LogP contribution is 2.29. The normalized spacial score (nSPS) is 24.6. The molecule has 104 valence electrons. The van der Waals surface area contributed by atoms with Crippen molar-refractivity contribution in [2.24, 2.45) is 10.9 Å². The van der Waals surface area contributed by atoms with Crippen LogP contribution in [0.25, 0.3) is 0 Å². The molecule has 5 heteroatoms. The van der Waals surface area contributed by atoms with Crippen molar-refractivity contribution in [1.29, 1.82) is 0 Å². The topological polar surface area (TPSA) is 71.1 Å². The molecule has 1 saturated heterocycles. The van der Waals surface area contributed by atoms with Gasteiger partial charge in [0.05, 0.1) is 18.4 Å². The van der Waals surface area contributed by atoms with E-state index in [1.165, 1.54) is 0 Å². The molecule has 0 radical (unpaired) electrons. The van der Waals surface area contributed by atoms with Gasteiger partial charge in [-0.3, -0.25) is 0 Å². The van der Waals surface area contributed by atoms with Crippen LogP contribution in [0, 0.1) is 6.92 Å². The summed E-state index contributed by atoms with van der Waals surface area (Å²) >= 11 is 0. The molecule has 1 aromatic carbocycles. The van der Waals surface area contributed by atoms with Crippen LogP contribution in [0.4, 0.5) is 5.69 Å². The first-order valence-electron chi connectivity index (χ1n) is 6.50. The predicted molar refractivity (Wildman–Crippen MR) is 75.9 cm³/mol. The molecular formula is C14H21N3O2. The number of hydrogen-bond donors (Lipinski definition) is 2. The van der Waals surface area contributed by atoms with Gasteiger partial charge in [0.1, 0.15) is 0 Å². The minimum Gasteiger partial charge on any atom is -0.409 e. The fourth-order valence-electron chi connectivity index (χ4n) is 2.52. The average molecular weight is 263 g/mol. The maximum atomic E-state index is 8.94. The van der Waals surface area contributed by atoms with Gasteiger partial charge in [-0.2, -0.15) is 0 Å². The molecule has 1 aromatic rings. The Morgan fingerprint density at radius 3 is 2.89 bits per heavy atom. The molecular weight excluding hydrogens is 242 g/mol. The molecule has 0 aliphatic carbocycles. The number of para-hydroxylation sites is 1. The summed E-state index contributed by atoms with van der Waals surface area (Å²) in [5, 5.41) is 12.1. The van der Waals surface area contributed by atoms with Crippen LogP contribution in [-0.4, -0.2) is 36.3 Å². The number of nitrogens with zero attached hydrogens (tertiary/aromatic N) is 2. The van der Waals surface area contributed by atoms with Crippen molar-refractivity contribution < 1.29 is 9.94 Å². The van der Waals surface area contributed by atoms with Crippen LogP contribution >= 0.6 is 0 Å². The minimum absolute atomic E-state index is 0.144. The molecule has 0 bridgehead atoms. The Bertz CT molecular complexity index is 488. The highest BCUT2D eigenvalue weighted by Gasteiger charge is 2.27. The van der Waals surface area contributed by atoms with Gasteiger partial charge in [-0.25, -0.2) is 0 Å². The first-order valence-corrected chi connectivity index (χ1v) is 6.50. The number of oxime groups is 1. The molecule has 1 aliphatic heterocycles. The molecule has 2 rings (SSSR count). The van der Waals surface area contributed by atoms with Crippen molar-refractivity contribution in [3.05, 3.63) is 29.3 Å². The third-order valence-electron chi connectivity index (χ3n) is 3.52. The summed E-state index contributed by atoms with van der Waals surface area (Å²) < 4.78 is 5.66. The standard InChI is InChI=1S/C14H21N3O2/c1-9-5-4-6-12(14(15)16-18)13(9)17-7-11(3)19-8-10(17)2/h4-6,10-11,18H,7-8H2,1-3H3,(H2,15,16). The van der Waals surface area contributed by atoms with E-state index in [1.807, 2.05) is 25.1 Å². The lowest BCUT2D eigenvalue weighted by Crippen LogP contribution is -2.48. The molecule has 1 aliphatic rings. The Morgan fingerprint density at radius 1 is 1.47 bits per heavy atom. The number of aryl methyl sites for hydroxylation is 1. The molecule has 2 unspecified atom stereocenters. The number of morpholine rings is 1. The van der Waals surface area contributed by atoms with Gasteiger partial charge in [0, 0.05) is 18.2 Å². The Hall–Kier alpha value is -1.75. The summed E-state index contributed by atoms with van der Waals surface area (Å²) in [6, 6.07) is 6.10. The summed E-state index contributed by atoms with van der Waals surface area (Å²) in [6.45, 7) is 7.70. The molecule has 0 amide bonds. The van der Waals surface area contributed by atoms with E-state index in [-0.39, 0.29) is 18.0 Å². The van der Waals surface area contributed by atoms with Crippen LogP contribution in [0.15, 0.2) is 23.4 Å². The molecule has 19 heavy (non-hydrogen) atoms. The maximum Gasteiger partial charge on any atom is 0.172 e. The summed E-state index contributed by atoms with van der Waals surface area (Å²) in [6.07, 6.45) is 0.177. The molecule has 2 atom stereocenters. The first-order chi connectivity index (χ1) is 9.04. The van der Waals surface area contributed by atoms with E-state index >= 15 is 0 Å². The zero-order valence-electron chi connectivity index (χ0n) is 11.6. The van der Waals surface area contributed by atoms with Gasteiger partial charge in [-0.1, -0.05) is 17.3 Å². The Balaban J connectivity index is 2.48. The van der Waals surface area contributed by atoms with E-state index < -0.39 is 0 Å². The van der Waals surface area contributed by atoms with Gasteiger partial charge in [-0.05, 0) is 32.4 Å². The van der Waals surface area contributed by atoms with E-state index in [0.717, 1.165) is 23.4 Å². The lowest BCUT2D eigenvalue weighted by Gasteiger charge is -2.40. The number of benzene rings is 1. The number of hydrogen-bond acceptors (Lipinski definition) is 4. The lowest BCUT2D eigenvalue weighted by molar-refractivity contribution is 0.0343. The molecule has 5 nitrogen and oxygen atoms in total. The van der Waals surface area contributed by atoms with Gasteiger partial charge in [-0.15, -0.1) is 0 Å². The van der Waals surface area contributed by atoms with Gasteiger partial charge in [0.2, 0.25) is 0 Å². The van der Waals surface area contributed by atoms with Crippen LogP contribution in [0.2, 0.25) is 0 Å². The van der Waals surface area contributed by atoms with E-state index in [1.54, 1.807) is 0 Å². The highest BCUT2D eigenvalue weighted by atomic mass is 16.5. The molecule has 0 saturated carbocycles. The largest absolute Gasteiger partial charge is 0.409 e. The number of anilines is 1. The van der Waals surface area contributed by atoms with E-state index in [0.29, 0.717) is 6.61 Å². The summed E-state index contributed by atoms with van der Waals surface area (Å²) in [7, 11) is 0. The number of ether oxygens (including phenoxy) is 1. The second-order valence-electron chi connectivity index (χ2n) is 5.10. The molecule has 0 aromatic heterocycles. The van der Waals surface area contributed by atoms with Crippen LogP contribution < -0.4 is 10.6 Å². The fraction of sp³-hybridized carbons (Fsp3) is 0.500. The van der Waals surface area contributed by atoms with Gasteiger partial charge >= 0.3 is 0 Å². The van der Waals surface area contributed by atoms with Crippen LogP contribution in [0.5, 0.6) is 0 Å². The molecule has 0 spiro atoms. The van der Waals surface area contributed by atoms with E-state index in [2.05, 4.69) is 23.9 Å².